The van der Waals surface area contributed by atoms with Crippen molar-refractivity contribution >= 4 is 6.21 Å². The lowest BCUT2D eigenvalue weighted by molar-refractivity contribution is 0.321. The molecule has 4 heteroatoms. The maximum atomic E-state index is 12.6. The molecule has 1 N–H and O–H groups in total. The van der Waals surface area contributed by atoms with E-state index in [1.54, 1.807) is 0 Å². The summed E-state index contributed by atoms with van der Waals surface area (Å²) in [6.07, 6.45) is 0.776. The van der Waals surface area contributed by atoms with Gasteiger partial charge in [0.05, 0.1) is 6.21 Å². The Labute approximate surface area is 61.8 Å². The molecule has 0 bridgehead atoms. The highest BCUT2D eigenvalue weighted by Gasteiger charge is 2.00. The highest BCUT2D eigenvalue weighted by Crippen LogP contribution is 2.05. The van der Waals surface area contributed by atoms with Crippen molar-refractivity contribution in [2.45, 2.75) is 0 Å². The minimum Gasteiger partial charge on any atom is -0.411 e. The zero-order valence-corrected chi connectivity index (χ0v) is 5.38. The first kappa shape index (κ1) is 7.65. The van der Waals surface area contributed by atoms with Crippen LogP contribution in [0, 0.1) is 17.7 Å². The SMILES string of the molecule is ON=Cc1[c]c(F)ccc1F. The van der Waals surface area contributed by atoms with E-state index in [1.165, 1.54) is 0 Å². The van der Waals surface area contributed by atoms with Crippen molar-refractivity contribution in [1.82, 2.24) is 0 Å². The van der Waals surface area contributed by atoms with E-state index in [0.29, 0.717) is 0 Å². The molecule has 0 heterocycles. The molecule has 1 aromatic rings. The second kappa shape index (κ2) is 3.09. The first-order valence-corrected chi connectivity index (χ1v) is 2.79. The standard InChI is InChI=1S/C7H4F2NO/c8-6-1-2-7(9)5(3-6)4-10-11/h1-2,4,11H. The Morgan fingerprint density at radius 1 is 1.45 bits per heavy atom. The molecule has 0 aliphatic heterocycles. The highest BCUT2D eigenvalue weighted by atomic mass is 19.1. The minimum atomic E-state index is -0.693. The van der Waals surface area contributed by atoms with Crippen LogP contribution in [0.25, 0.3) is 0 Å². The van der Waals surface area contributed by atoms with E-state index in [9.17, 15) is 8.78 Å². The van der Waals surface area contributed by atoms with Gasteiger partial charge in [-0.25, -0.2) is 8.78 Å². The van der Waals surface area contributed by atoms with Gasteiger partial charge in [-0.15, -0.1) is 0 Å². The van der Waals surface area contributed by atoms with Crippen LogP contribution in [0.2, 0.25) is 0 Å². The summed E-state index contributed by atoms with van der Waals surface area (Å²) in [5, 5.41) is 10.5. The molecule has 0 aromatic heterocycles. The predicted molar refractivity (Wildman–Crippen MR) is 34.6 cm³/mol. The molecule has 0 saturated heterocycles. The van der Waals surface area contributed by atoms with Gasteiger partial charge < -0.3 is 5.21 Å². The molecule has 57 valence electrons. The average molecular weight is 156 g/mol. The number of nitrogens with zero attached hydrogens (tertiary/aromatic N) is 1. The van der Waals surface area contributed by atoms with Crippen LogP contribution in [0.15, 0.2) is 17.3 Å². The summed E-state index contributed by atoms with van der Waals surface area (Å²) >= 11 is 0. The largest absolute Gasteiger partial charge is 0.411 e. The van der Waals surface area contributed by atoms with Crippen molar-refractivity contribution in [3.05, 3.63) is 35.4 Å². The monoisotopic (exact) mass is 156 g/mol. The molecule has 0 amide bonds. The fourth-order valence-electron chi connectivity index (χ4n) is 0.618. The fourth-order valence-corrected chi connectivity index (χ4v) is 0.618. The van der Waals surface area contributed by atoms with Crippen LogP contribution in [0.1, 0.15) is 5.56 Å². The van der Waals surface area contributed by atoms with Gasteiger partial charge in [0.15, 0.2) is 0 Å². The highest BCUT2D eigenvalue weighted by molar-refractivity contribution is 5.78. The van der Waals surface area contributed by atoms with Gasteiger partial charge in [-0.2, -0.15) is 0 Å². The summed E-state index contributed by atoms with van der Waals surface area (Å²) in [6, 6.07) is 3.89. The molecule has 1 rings (SSSR count). The van der Waals surface area contributed by atoms with Gasteiger partial charge in [0.25, 0.3) is 0 Å². The van der Waals surface area contributed by atoms with Crippen LogP contribution in [-0.4, -0.2) is 11.4 Å². The Bertz CT molecular complexity index is 286. The Hall–Kier alpha value is -1.45. The van der Waals surface area contributed by atoms with Gasteiger partial charge in [-0.05, 0) is 12.1 Å². The molecule has 0 saturated carbocycles. The van der Waals surface area contributed by atoms with Gasteiger partial charge in [0, 0.05) is 11.6 Å². The molecule has 0 fully saturated rings. The second-order valence-corrected chi connectivity index (χ2v) is 1.81. The van der Waals surface area contributed by atoms with E-state index in [-0.39, 0.29) is 5.56 Å². The van der Waals surface area contributed by atoms with E-state index in [1.807, 2.05) is 6.07 Å². The molecular weight excluding hydrogens is 152 g/mol. The summed E-state index contributed by atoms with van der Waals surface area (Å²) in [7, 11) is 0. The van der Waals surface area contributed by atoms with E-state index in [2.05, 4.69) is 5.16 Å². The van der Waals surface area contributed by atoms with Crippen molar-refractivity contribution in [3.8, 4) is 0 Å². The average Bonchev–Trinajstić information content (AvgIpc) is 1.98. The lowest BCUT2D eigenvalue weighted by atomic mass is 10.2. The van der Waals surface area contributed by atoms with Gasteiger partial charge >= 0.3 is 0 Å². The summed E-state index contributed by atoms with van der Waals surface area (Å²) in [5.41, 5.74) is -0.201. The minimum absolute atomic E-state index is 0.201. The Balaban J connectivity index is 3.12. The first-order chi connectivity index (χ1) is 5.24. The van der Waals surface area contributed by atoms with Crippen molar-refractivity contribution < 1.29 is 14.0 Å². The van der Waals surface area contributed by atoms with Crippen molar-refractivity contribution in [2.24, 2.45) is 5.16 Å². The molecule has 1 radical (unpaired) electrons. The molecule has 0 unspecified atom stereocenters. The summed E-state index contributed by atoms with van der Waals surface area (Å²) in [4.78, 5) is 0. The first-order valence-electron chi connectivity index (χ1n) is 2.79. The lowest BCUT2D eigenvalue weighted by Gasteiger charge is -1.92. The zero-order chi connectivity index (χ0) is 8.27. The third kappa shape index (κ3) is 1.73. The second-order valence-electron chi connectivity index (χ2n) is 1.81. The van der Waals surface area contributed by atoms with Crippen LogP contribution in [-0.2, 0) is 0 Å². The van der Waals surface area contributed by atoms with E-state index >= 15 is 0 Å². The molecule has 2 nitrogen and oxygen atoms in total. The van der Waals surface area contributed by atoms with E-state index in [0.717, 1.165) is 18.3 Å². The third-order valence-corrected chi connectivity index (χ3v) is 1.07. The van der Waals surface area contributed by atoms with Crippen LogP contribution in [0.4, 0.5) is 8.78 Å². The number of halogens is 2. The van der Waals surface area contributed by atoms with Gasteiger partial charge in [0.2, 0.25) is 0 Å². The number of rotatable bonds is 1. The number of oxime groups is 1. The quantitative estimate of drug-likeness (QED) is 0.373. The van der Waals surface area contributed by atoms with Crippen LogP contribution < -0.4 is 0 Å². The van der Waals surface area contributed by atoms with Gasteiger partial charge in [-0.3, -0.25) is 0 Å². The van der Waals surface area contributed by atoms with Gasteiger partial charge in [-0.1, -0.05) is 5.16 Å². The fraction of sp³-hybridized carbons (Fsp3) is 0. The summed E-state index contributed by atoms with van der Waals surface area (Å²) in [6.45, 7) is 0. The third-order valence-electron chi connectivity index (χ3n) is 1.07. The maximum absolute atomic E-state index is 12.6. The Kier molecular flexibility index (Phi) is 2.15. The van der Waals surface area contributed by atoms with E-state index < -0.39 is 11.6 Å². The summed E-state index contributed by atoms with van der Waals surface area (Å²) < 4.78 is 24.9. The molecule has 11 heavy (non-hydrogen) atoms. The van der Waals surface area contributed by atoms with Crippen molar-refractivity contribution in [3.63, 3.8) is 0 Å². The Morgan fingerprint density at radius 3 is 2.82 bits per heavy atom. The van der Waals surface area contributed by atoms with Gasteiger partial charge in [0.1, 0.15) is 11.6 Å². The summed E-state index contributed by atoms with van der Waals surface area (Å²) in [5.74, 6) is -1.37. The van der Waals surface area contributed by atoms with Crippen LogP contribution in [0.5, 0.6) is 0 Å². The predicted octanol–water partition coefficient (Wildman–Crippen LogP) is 1.57. The topological polar surface area (TPSA) is 32.6 Å². The van der Waals surface area contributed by atoms with Crippen LogP contribution in [0.3, 0.4) is 0 Å². The molecule has 0 aliphatic rings. The molecule has 0 atom stereocenters. The Morgan fingerprint density at radius 2 is 2.18 bits per heavy atom. The number of hydrogen-bond acceptors (Lipinski definition) is 2. The zero-order valence-electron chi connectivity index (χ0n) is 5.38. The van der Waals surface area contributed by atoms with Crippen LogP contribution >= 0.6 is 0 Å². The maximum Gasteiger partial charge on any atom is 0.132 e. The lowest BCUT2D eigenvalue weighted by Crippen LogP contribution is -1.89. The normalized spacial score (nSPS) is 10.7. The molecule has 1 aromatic carbocycles. The number of benzene rings is 1. The smallest absolute Gasteiger partial charge is 0.132 e. The molecular formula is C7H4F2NO. The molecule has 0 spiro atoms. The molecule has 0 aliphatic carbocycles. The number of hydrogen-bond donors (Lipinski definition) is 1. The van der Waals surface area contributed by atoms with Crippen molar-refractivity contribution in [2.75, 3.05) is 0 Å². The van der Waals surface area contributed by atoms with E-state index in [4.69, 9.17) is 5.21 Å². The van der Waals surface area contributed by atoms with Crippen molar-refractivity contribution in [1.29, 1.82) is 0 Å².